The Hall–Kier alpha value is -2.63. The molecule has 6 nitrogen and oxygen atoms in total. The van der Waals surface area contributed by atoms with Crippen LogP contribution >= 0.6 is 27.3 Å². The number of aromatic nitrogens is 2. The van der Waals surface area contributed by atoms with Gasteiger partial charge < -0.3 is 14.8 Å². The van der Waals surface area contributed by atoms with Crippen LogP contribution in [-0.2, 0) is 12.8 Å². The summed E-state index contributed by atoms with van der Waals surface area (Å²) in [6.45, 7) is 4.44. The van der Waals surface area contributed by atoms with Gasteiger partial charge in [-0.05, 0) is 77.4 Å². The Balaban J connectivity index is 1.81. The molecule has 0 saturated carbocycles. The summed E-state index contributed by atoms with van der Waals surface area (Å²) in [5, 5.41) is 20.5. The number of aromatic amines is 1. The molecule has 1 aromatic carbocycles. The number of aromatic hydroxyl groups is 1. The van der Waals surface area contributed by atoms with Gasteiger partial charge in [0.05, 0.1) is 22.0 Å². The van der Waals surface area contributed by atoms with Crippen molar-refractivity contribution >= 4 is 49.1 Å². The SMILES string of the molecule is CCOc1cc(C=C(C#N)c2nc3sc4c(c3c(=O)[nH]2)CCC(C)C4)cc(Br)c1O. The van der Waals surface area contributed by atoms with Gasteiger partial charge in [0.15, 0.2) is 17.3 Å². The lowest BCUT2D eigenvalue weighted by molar-refractivity contribution is 0.317. The summed E-state index contributed by atoms with van der Waals surface area (Å²) in [6.07, 6.45) is 4.55. The Bertz CT molecular complexity index is 1270. The van der Waals surface area contributed by atoms with Crippen LogP contribution in [0.4, 0.5) is 0 Å². The zero-order chi connectivity index (χ0) is 21.4. The van der Waals surface area contributed by atoms with Crippen LogP contribution in [0.1, 0.15) is 42.1 Å². The van der Waals surface area contributed by atoms with Crippen molar-refractivity contribution in [3.05, 3.63) is 48.8 Å². The van der Waals surface area contributed by atoms with Gasteiger partial charge in [0.1, 0.15) is 10.9 Å². The molecule has 0 radical (unpaired) electrons. The topological polar surface area (TPSA) is 99.0 Å². The van der Waals surface area contributed by atoms with E-state index in [0.29, 0.717) is 38.5 Å². The highest BCUT2D eigenvalue weighted by Gasteiger charge is 2.23. The van der Waals surface area contributed by atoms with Crippen LogP contribution < -0.4 is 10.3 Å². The summed E-state index contributed by atoms with van der Waals surface area (Å²) in [5.74, 6) is 1.15. The second-order valence-corrected chi connectivity index (χ2v) is 9.34. The van der Waals surface area contributed by atoms with E-state index in [4.69, 9.17) is 4.74 Å². The lowest BCUT2D eigenvalue weighted by Gasteiger charge is -2.17. The van der Waals surface area contributed by atoms with Crippen molar-refractivity contribution in [2.24, 2.45) is 5.92 Å². The molecule has 0 saturated heterocycles. The monoisotopic (exact) mass is 485 g/mol. The maximum atomic E-state index is 12.8. The predicted octanol–water partition coefficient (Wildman–Crippen LogP) is 5.04. The standard InChI is InChI=1S/C22H20BrN3O3S/c1-3-29-16-9-12(8-15(23)19(16)27)7-13(10-24)20-25-21(28)18-14-5-4-11(2)6-17(14)30-22(18)26-20/h7-9,11,27H,3-6H2,1-2H3,(H,25,26,28). The maximum absolute atomic E-state index is 12.8. The highest BCUT2D eigenvalue weighted by molar-refractivity contribution is 9.10. The Kier molecular flexibility index (Phi) is 5.67. The number of thiophene rings is 1. The van der Waals surface area contributed by atoms with E-state index >= 15 is 0 Å². The van der Waals surface area contributed by atoms with Gasteiger partial charge in [-0.1, -0.05) is 6.92 Å². The molecular formula is C22H20BrN3O3S. The van der Waals surface area contributed by atoms with Crippen molar-refractivity contribution in [2.45, 2.75) is 33.1 Å². The summed E-state index contributed by atoms with van der Waals surface area (Å²) >= 11 is 4.85. The number of hydrogen-bond acceptors (Lipinski definition) is 6. The van der Waals surface area contributed by atoms with E-state index in [1.807, 2.05) is 6.92 Å². The fraction of sp³-hybridized carbons (Fsp3) is 0.318. The second-order valence-electron chi connectivity index (χ2n) is 7.40. The first-order valence-corrected chi connectivity index (χ1v) is 11.3. The Morgan fingerprint density at radius 1 is 1.53 bits per heavy atom. The minimum Gasteiger partial charge on any atom is -0.503 e. The third kappa shape index (κ3) is 3.75. The zero-order valence-electron chi connectivity index (χ0n) is 16.6. The summed E-state index contributed by atoms with van der Waals surface area (Å²) in [6, 6.07) is 5.45. The van der Waals surface area contributed by atoms with E-state index in [1.165, 1.54) is 4.88 Å². The first-order valence-electron chi connectivity index (χ1n) is 9.73. The number of allylic oxidation sites excluding steroid dienone is 1. The third-order valence-electron chi connectivity index (χ3n) is 5.20. The minimum atomic E-state index is -0.204. The molecule has 1 aliphatic carbocycles. The number of ether oxygens (including phenoxy) is 1. The van der Waals surface area contributed by atoms with Crippen LogP contribution in [0.2, 0.25) is 0 Å². The Labute approximate surface area is 186 Å². The van der Waals surface area contributed by atoms with Crippen LogP contribution in [0, 0.1) is 17.2 Å². The van der Waals surface area contributed by atoms with Crippen molar-refractivity contribution in [1.82, 2.24) is 9.97 Å². The number of fused-ring (bicyclic) bond motifs is 3. The zero-order valence-corrected chi connectivity index (χ0v) is 19.0. The lowest BCUT2D eigenvalue weighted by atomic mass is 9.89. The van der Waals surface area contributed by atoms with Crippen LogP contribution in [0.15, 0.2) is 21.4 Å². The van der Waals surface area contributed by atoms with E-state index < -0.39 is 0 Å². The Morgan fingerprint density at radius 3 is 3.07 bits per heavy atom. The number of benzene rings is 1. The van der Waals surface area contributed by atoms with Crippen LogP contribution in [0.5, 0.6) is 11.5 Å². The van der Waals surface area contributed by atoms with Gasteiger partial charge in [-0.2, -0.15) is 5.26 Å². The molecule has 0 amide bonds. The summed E-state index contributed by atoms with van der Waals surface area (Å²) < 4.78 is 5.90. The number of H-pyrrole nitrogens is 1. The van der Waals surface area contributed by atoms with Gasteiger partial charge in [0.25, 0.3) is 5.56 Å². The van der Waals surface area contributed by atoms with Gasteiger partial charge in [-0.3, -0.25) is 4.79 Å². The van der Waals surface area contributed by atoms with Gasteiger partial charge in [-0.15, -0.1) is 11.3 Å². The average Bonchev–Trinajstić information content (AvgIpc) is 3.07. The van der Waals surface area contributed by atoms with E-state index in [1.54, 1.807) is 29.5 Å². The number of phenolic OH excluding ortho intramolecular Hbond substituents is 1. The van der Waals surface area contributed by atoms with Crippen LogP contribution in [0.25, 0.3) is 21.9 Å². The molecule has 8 heteroatoms. The number of halogens is 1. The number of nitrogens with one attached hydrogen (secondary N) is 1. The molecule has 2 aromatic heterocycles. The van der Waals surface area contributed by atoms with E-state index in [2.05, 4.69) is 38.9 Å². The first-order chi connectivity index (χ1) is 14.4. The highest BCUT2D eigenvalue weighted by Crippen LogP contribution is 2.37. The molecule has 0 aliphatic heterocycles. The van der Waals surface area contributed by atoms with Crippen LogP contribution in [0.3, 0.4) is 0 Å². The van der Waals surface area contributed by atoms with Crippen molar-refractivity contribution in [1.29, 1.82) is 5.26 Å². The summed E-state index contributed by atoms with van der Waals surface area (Å²) in [5.41, 5.74) is 1.78. The molecule has 0 bridgehead atoms. The fourth-order valence-corrected chi connectivity index (χ4v) is 5.58. The smallest absolute Gasteiger partial charge is 0.260 e. The fourth-order valence-electron chi connectivity index (χ4n) is 3.74. The normalized spacial score (nSPS) is 16.3. The van der Waals surface area contributed by atoms with Crippen molar-refractivity contribution < 1.29 is 9.84 Å². The lowest BCUT2D eigenvalue weighted by Crippen LogP contribution is -2.14. The molecule has 154 valence electrons. The number of nitriles is 1. The first kappa shape index (κ1) is 20.6. The average molecular weight is 486 g/mol. The number of rotatable bonds is 4. The number of hydrogen-bond donors (Lipinski definition) is 2. The number of aryl methyl sites for hydroxylation is 1. The van der Waals surface area contributed by atoms with E-state index in [0.717, 1.165) is 24.8 Å². The minimum absolute atomic E-state index is 0.00106. The highest BCUT2D eigenvalue weighted by atomic mass is 79.9. The second kappa shape index (κ2) is 8.25. The molecule has 0 fully saturated rings. The third-order valence-corrected chi connectivity index (χ3v) is 6.96. The molecule has 2 N–H and O–H groups in total. The van der Waals surface area contributed by atoms with Crippen molar-refractivity contribution in [2.75, 3.05) is 6.61 Å². The summed E-state index contributed by atoms with van der Waals surface area (Å²) in [7, 11) is 0. The molecule has 1 unspecified atom stereocenters. The van der Waals surface area contributed by atoms with Gasteiger partial charge in [0, 0.05) is 4.88 Å². The van der Waals surface area contributed by atoms with Crippen molar-refractivity contribution in [3.63, 3.8) is 0 Å². The molecule has 1 atom stereocenters. The maximum Gasteiger partial charge on any atom is 0.260 e. The molecule has 30 heavy (non-hydrogen) atoms. The molecule has 2 heterocycles. The van der Waals surface area contributed by atoms with Gasteiger partial charge >= 0.3 is 0 Å². The number of phenols is 1. The largest absolute Gasteiger partial charge is 0.503 e. The van der Waals surface area contributed by atoms with Crippen LogP contribution in [-0.4, -0.2) is 21.7 Å². The van der Waals surface area contributed by atoms with Gasteiger partial charge in [-0.25, -0.2) is 4.98 Å². The molecule has 0 spiro atoms. The van der Waals surface area contributed by atoms with E-state index in [9.17, 15) is 15.2 Å². The quantitative estimate of drug-likeness (QED) is 0.504. The predicted molar refractivity (Wildman–Crippen MR) is 122 cm³/mol. The Morgan fingerprint density at radius 2 is 2.33 bits per heavy atom. The number of nitrogens with zero attached hydrogens (tertiary/aromatic N) is 2. The molecule has 4 rings (SSSR count). The molecular weight excluding hydrogens is 466 g/mol. The van der Waals surface area contributed by atoms with Gasteiger partial charge in [0.2, 0.25) is 0 Å². The molecule has 1 aliphatic rings. The van der Waals surface area contributed by atoms with E-state index in [-0.39, 0.29) is 22.7 Å². The van der Waals surface area contributed by atoms with Crippen molar-refractivity contribution in [3.8, 4) is 17.6 Å². The molecule has 3 aromatic rings. The summed E-state index contributed by atoms with van der Waals surface area (Å²) in [4.78, 5) is 22.1.